The molecule has 1 rings (SSSR count). The molecule has 0 aromatic rings. The highest BCUT2D eigenvalue weighted by Gasteiger charge is 2.21. The van der Waals surface area contributed by atoms with Crippen molar-refractivity contribution < 1.29 is 5.21 Å². The smallest absolute Gasteiger partial charge is 0.139 e. The largest absolute Gasteiger partial charge is 0.409 e. The van der Waals surface area contributed by atoms with E-state index in [1.807, 2.05) is 0 Å². The third-order valence-electron chi connectivity index (χ3n) is 2.53. The first-order valence-corrected chi connectivity index (χ1v) is 6.40. The second-order valence-electron chi connectivity index (χ2n) is 4.21. The van der Waals surface area contributed by atoms with Crippen LogP contribution in [0, 0.1) is 0 Å². The molecule has 2 atom stereocenters. The van der Waals surface area contributed by atoms with E-state index in [2.05, 4.69) is 35.7 Å². The van der Waals surface area contributed by atoms with Crippen molar-refractivity contribution in [2.75, 3.05) is 19.6 Å². The molecule has 0 aliphatic carbocycles. The summed E-state index contributed by atoms with van der Waals surface area (Å²) < 4.78 is 0. The Morgan fingerprint density at radius 3 is 2.60 bits per heavy atom. The van der Waals surface area contributed by atoms with E-state index in [-0.39, 0.29) is 0 Å². The first-order chi connectivity index (χ1) is 7.11. The van der Waals surface area contributed by atoms with Gasteiger partial charge in [-0.2, -0.15) is 11.8 Å². The number of nitrogens with two attached hydrogens (primary N) is 1. The predicted octanol–water partition coefficient (Wildman–Crippen LogP) is 1.34. The lowest BCUT2D eigenvalue weighted by atomic mass is 10.2. The minimum absolute atomic E-state index is 0.336. The minimum Gasteiger partial charge on any atom is -0.409 e. The molecule has 0 radical (unpaired) electrons. The zero-order chi connectivity index (χ0) is 11.3. The third kappa shape index (κ3) is 4.75. The van der Waals surface area contributed by atoms with E-state index in [9.17, 15) is 0 Å². The maximum absolute atomic E-state index is 8.40. The Labute approximate surface area is 95.9 Å². The van der Waals surface area contributed by atoms with Crippen molar-refractivity contribution in [3.63, 3.8) is 0 Å². The predicted molar refractivity (Wildman–Crippen MR) is 65.6 cm³/mol. The molecule has 0 aromatic carbocycles. The summed E-state index contributed by atoms with van der Waals surface area (Å²) in [5, 5.41) is 12.8. The highest BCUT2D eigenvalue weighted by Crippen LogP contribution is 2.24. The molecule has 1 aliphatic heterocycles. The SMILES string of the molecule is CC1CN(CCCC(N)=NO)CC(C)S1. The molecule has 0 spiro atoms. The molecule has 1 aliphatic rings. The molecular formula is C10H21N3OS. The van der Waals surface area contributed by atoms with Crippen LogP contribution in [0.3, 0.4) is 0 Å². The summed E-state index contributed by atoms with van der Waals surface area (Å²) in [6, 6.07) is 0. The summed E-state index contributed by atoms with van der Waals surface area (Å²) in [5.74, 6) is 0.336. The summed E-state index contributed by atoms with van der Waals surface area (Å²) in [6.07, 6.45) is 1.66. The van der Waals surface area contributed by atoms with Gasteiger partial charge in [-0.1, -0.05) is 19.0 Å². The molecule has 0 aromatic heterocycles. The average Bonchev–Trinajstić information content (AvgIpc) is 2.16. The van der Waals surface area contributed by atoms with Gasteiger partial charge in [0.25, 0.3) is 0 Å². The van der Waals surface area contributed by atoms with Gasteiger partial charge >= 0.3 is 0 Å². The van der Waals surface area contributed by atoms with Gasteiger partial charge in [-0.15, -0.1) is 0 Å². The summed E-state index contributed by atoms with van der Waals surface area (Å²) in [5.41, 5.74) is 5.42. The number of oxime groups is 1. The Morgan fingerprint density at radius 1 is 1.47 bits per heavy atom. The quantitative estimate of drug-likeness (QED) is 0.332. The molecule has 4 nitrogen and oxygen atoms in total. The molecule has 2 unspecified atom stereocenters. The maximum Gasteiger partial charge on any atom is 0.139 e. The van der Waals surface area contributed by atoms with Gasteiger partial charge in [0, 0.05) is 30.0 Å². The topological polar surface area (TPSA) is 61.8 Å². The zero-order valence-electron chi connectivity index (χ0n) is 9.52. The molecule has 88 valence electrons. The van der Waals surface area contributed by atoms with Crippen LogP contribution >= 0.6 is 11.8 Å². The molecule has 0 amide bonds. The first-order valence-electron chi connectivity index (χ1n) is 5.46. The van der Waals surface area contributed by atoms with E-state index in [0.717, 1.165) is 36.6 Å². The van der Waals surface area contributed by atoms with Crippen molar-refractivity contribution in [2.24, 2.45) is 10.9 Å². The van der Waals surface area contributed by atoms with Crippen LogP contribution < -0.4 is 5.73 Å². The molecule has 1 saturated heterocycles. The minimum atomic E-state index is 0.336. The molecule has 0 bridgehead atoms. The molecule has 0 saturated carbocycles. The van der Waals surface area contributed by atoms with E-state index in [4.69, 9.17) is 10.9 Å². The van der Waals surface area contributed by atoms with Gasteiger partial charge in [-0.05, 0) is 13.0 Å². The Morgan fingerprint density at radius 2 is 2.07 bits per heavy atom. The molecule has 3 N–H and O–H groups in total. The number of thioether (sulfide) groups is 1. The fraction of sp³-hybridized carbons (Fsp3) is 0.900. The fourth-order valence-electron chi connectivity index (χ4n) is 2.00. The Kier molecular flexibility index (Phi) is 5.25. The van der Waals surface area contributed by atoms with Crippen molar-refractivity contribution in [1.29, 1.82) is 0 Å². The van der Waals surface area contributed by atoms with Gasteiger partial charge in [0.05, 0.1) is 0 Å². The Bertz CT molecular complexity index is 213. The van der Waals surface area contributed by atoms with Crippen LogP contribution in [0.25, 0.3) is 0 Å². The lowest BCUT2D eigenvalue weighted by Crippen LogP contribution is -2.40. The standard InChI is InChI=1S/C10H21N3OS/c1-8-6-13(7-9(2)15-8)5-3-4-10(11)12-14/h8-9,14H,3-7H2,1-2H3,(H2,11,12). The van der Waals surface area contributed by atoms with Crippen LogP contribution in [-0.4, -0.2) is 46.1 Å². The van der Waals surface area contributed by atoms with Gasteiger partial charge in [-0.3, -0.25) is 0 Å². The first kappa shape index (κ1) is 12.6. The average molecular weight is 231 g/mol. The Hall–Kier alpha value is -0.420. The van der Waals surface area contributed by atoms with Crippen molar-refractivity contribution in [3.05, 3.63) is 0 Å². The van der Waals surface area contributed by atoms with Gasteiger partial charge in [0.1, 0.15) is 5.84 Å². The maximum atomic E-state index is 8.40. The second-order valence-corrected chi connectivity index (χ2v) is 6.09. The number of hydrogen-bond donors (Lipinski definition) is 2. The van der Waals surface area contributed by atoms with Crippen LogP contribution in [0.5, 0.6) is 0 Å². The number of nitrogens with zero attached hydrogens (tertiary/aromatic N) is 2. The van der Waals surface area contributed by atoms with Gasteiger partial charge < -0.3 is 15.8 Å². The van der Waals surface area contributed by atoms with E-state index in [0.29, 0.717) is 12.3 Å². The monoisotopic (exact) mass is 231 g/mol. The van der Waals surface area contributed by atoms with Crippen LogP contribution in [-0.2, 0) is 0 Å². The molecule has 1 heterocycles. The highest BCUT2D eigenvalue weighted by atomic mass is 32.2. The second kappa shape index (κ2) is 6.23. The molecule has 1 fully saturated rings. The van der Waals surface area contributed by atoms with Gasteiger partial charge in [0.2, 0.25) is 0 Å². The summed E-state index contributed by atoms with van der Waals surface area (Å²) >= 11 is 2.06. The van der Waals surface area contributed by atoms with E-state index >= 15 is 0 Å². The van der Waals surface area contributed by atoms with E-state index < -0.39 is 0 Å². The summed E-state index contributed by atoms with van der Waals surface area (Å²) in [4.78, 5) is 2.47. The fourth-order valence-corrected chi connectivity index (χ4v) is 3.39. The van der Waals surface area contributed by atoms with Crippen LogP contribution in [0.2, 0.25) is 0 Å². The van der Waals surface area contributed by atoms with Crippen molar-refractivity contribution in [2.45, 2.75) is 37.2 Å². The normalized spacial score (nSPS) is 29.3. The van der Waals surface area contributed by atoms with E-state index in [1.165, 1.54) is 0 Å². The summed E-state index contributed by atoms with van der Waals surface area (Å²) in [7, 11) is 0. The lowest BCUT2D eigenvalue weighted by molar-refractivity contribution is 0.268. The van der Waals surface area contributed by atoms with Gasteiger partial charge in [-0.25, -0.2) is 0 Å². The van der Waals surface area contributed by atoms with E-state index in [1.54, 1.807) is 0 Å². The van der Waals surface area contributed by atoms with Crippen LogP contribution in [0.15, 0.2) is 5.16 Å². The molecule has 5 heteroatoms. The number of rotatable bonds is 4. The Balaban J connectivity index is 2.20. The van der Waals surface area contributed by atoms with Crippen molar-refractivity contribution in [3.8, 4) is 0 Å². The molecular weight excluding hydrogens is 210 g/mol. The van der Waals surface area contributed by atoms with Crippen LogP contribution in [0.1, 0.15) is 26.7 Å². The number of amidine groups is 1. The molecule has 15 heavy (non-hydrogen) atoms. The van der Waals surface area contributed by atoms with Gasteiger partial charge in [0.15, 0.2) is 0 Å². The number of hydrogen-bond acceptors (Lipinski definition) is 4. The van der Waals surface area contributed by atoms with Crippen molar-refractivity contribution in [1.82, 2.24) is 4.90 Å². The third-order valence-corrected chi connectivity index (χ3v) is 3.76. The lowest BCUT2D eigenvalue weighted by Gasteiger charge is -2.34. The van der Waals surface area contributed by atoms with Crippen LogP contribution in [0.4, 0.5) is 0 Å². The van der Waals surface area contributed by atoms with Crippen molar-refractivity contribution >= 4 is 17.6 Å². The summed E-state index contributed by atoms with van der Waals surface area (Å²) in [6.45, 7) is 7.91. The zero-order valence-corrected chi connectivity index (χ0v) is 10.3. The highest BCUT2D eigenvalue weighted by molar-refractivity contribution is 8.00.